The number of aromatic nitrogens is 1. The number of likely N-dealkylation sites (tertiary alicyclic amines) is 1. The molecule has 2 amide bonds. The molecule has 0 bridgehead atoms. The minimum atomic E-state index is -0.309. The SMILES string of the molecule is CN(C)CCCN1CC(C(=O)Nc2nc3ccc(CN4CCOCC4)cc3s2)CC1=O. The Morgan fingerprint density at radius 2 is 2.13 bits per heavy atom. The zero-order valence-corrected chi connectivity index (χ0v) is 19.1. The smallest absolute Gasteiger partial charge is 0.231 e. The number of morpholine rings is 1. The molecule has 31 heavy (non-hydrogen) atoms. The first kappa shape index (κ1) is 22.1. The number of nitrogens with zero attached hydrogens (tertiary/aromatic N) is 4. The summed E-state index contributed by atoms with van der Waals surface area (Å²) in [7, 11) is 4.04. The largest absolute Gasteiger partial charge is 0.379 e. The van der Waals surface area contributed by atoms with Crippen molar-refractivity contribution in [3.05, 3.63) is 23.8 Å². The van der Waals surface area contributed by atoms with Crippen LogP contribution in [0.2, 0.25) is 0 Å². The predicted molar refractivity (Wildman–Crippen MR) is 122 cm³/mol. The number of thiazole rings is 1. The zero-order valence-electron chi connectivity index (χ0n) is 18.3. The lowest BCUT2D eigenvalue weighted by Crippen LogP contribution is -2.35. The highest BCUT2D eigenvalue weighted by atomic mass is 32.1. The van der Waals surface area contributed by atoms with Crippen LogP contribution in [-0.2, 0) is 20.9 Å². The zero-order chi connectivity index (χ0) is 21.8. The molecule has 0 spiro atoms. The molecule has 3 heterocycles. The van der Waals surface area contributed by atoms with E-state index >= 15 is 0 Å². The van der Waals surface area contributed by atoms with Gasteiger partial charge < -0.3 is 19.9 Å². The Balaban J connectivity index is 1.33. The van der Waals surface area contributed by atoms with Crippen molar-refractivity contribution >= 4 is 38.5 Å². The molecular weight excluding hydrogens is 414 g/mol. The van der Waals surface area contributed by atoms with Gasteiger partial charge in [0.1, 0.15) is 0 Å². The fourth-order valence-electron chi connectivity index (χ4n) is 4.09. The monoisotopic (exact) mass is 445 g/mol. The van der Waals surface area contributed by atoms with Crippen molar-refractivity contribution in [2.24, 2.45) is 5.92 Å². The molecule has 1 aromatic heterocycles. The van der Waals surface area contributed by atoms with Gasteiger partial charge in [0.05, 0.1) is 29.3 Å². The van der Waals surface area contributed by atoms with Crippen molar-refractivity contribution < 1.29 is 14.3 Å². The number of rotatable bonds is 8. The van der Waals surface area contributed by atoms with Crippen LogP contribution >= 0.6 is 11.3 Å². The van der Waals surface area contributed by atoms with E-state index in [-0.39, 0.29) is 24.2 Å². The molecule has 2 aliphatic heterocycles. The first-order chi connectivity index (χ1) is 15.0. The number of hydrogen-bond acceptors (Lipinski definition) is 7. The number of carbonyl (C=O) groups is 2. The van der Waals surface area contributed by atoms with Gasteiger partial charge in [0.25, 0.3) is 0 Å². The number of fused-ring (bicyclic) bond motifs is 1. The van der Waals surface area contributed by atoms with Gasteiger partial charge in [0.15, 0.2) is 5.13 Å². The van der Waals surface area contributed by atoms with Crippen LogP contribution in [0.5, 0.6) is 0 Å². The fraction of sp³-hybridized carbons (Fsp3) is 0.591. The minimum Gasteiger partial charge on any atom is -0.379 e. The van der Waals surface area contributed by atoms with Crippen molar-refractivity contribution in [2.75, 3.05) is 65.3 Å². The molecule has 4 rings (SSSR count). The quantitative estimate of drug-likeness (QED) is 0.668. The van der Waals surface area contributed by atoms with Crippen LogP contribution in [0.15, 0.2) is 18.2 Å². The Hall–Kier alpha value is -2.07. The van der Waals surface area contributed by atoms with Gasteiger partial charge in [-0.1, -0.05) is 17.4 Å². The highest BCUT2D eigenvalue weighted by molar-refractivity contribution is 7.22. The molecule has 0 saturated carbocycles. The van der Waals surface area contributed by atoms with E-state index < -0.39 is 0 Å². The van der Waals surface area contributed by atoms with Gasteiger partial charge in [-0.05, 0) is 44.8 Å². The van der Waals surface area contributed by atoms with Gasteiger partial charge in [0, 0.05) is 39.1 Å². The number of hydrogen-bond donors (Lipinski definition) is 1. The van der Waals surface area contributed by atoms with Crippen LogP contribution in [0.25, 0.3) is 10.2 Å². The second-order valence-electron chi connectivity index (χ2n) is 8.60. The number of ether oxygens (including phenoxy) is 1. The van der Waals surface area contributed by atoms with E-state index in [2.05, 4.69) is 32.2 Å². The Morgan fingerprint density at radius 1 is 1.32 bits per heavy atom. The van der Waals surface area contributed by atoms with Gasteiger partial charge in [0.2, 0.25) is 11.8 Å². The predicted octanol–water partition coefficient (Wildman–Crippen LogP) is 1.87. The normalized spacial score (nSPS) is 20.2. The summed E-state index contributed by atoms with van der Waals surface area (Å²) in [6.07, 6.45) is 1.19. The lowest BCUT2D eigenvalue weighted by Gasteiger charge is -2.26. The first-order valence-corrected chi connectivity index (χ1v) is 11.7. The molecule has 2 saturated heterocycles. The molecule has 8 nitrogen and oxygen atoms in total. The minimum absolute atomic E-state index is 0.0657. The van der Waals surface area contributed by atoms with Crippen molar-refractivity contribution in [1.29, 1.82) is 0 Å². The van der Waals surface area contributed by atoms with Crippen molar-refractivity contribution in [2.45, 2.75) is 19.4 Å². The Labute approximate surface area is 187 Å². The average molecular weight is 446 g/mol. The summed E-state index contributed by atoms with van der Waals surface area (Å²) in [5.74, 6) is -0.359. The molecule has 9 heteroatoms. The molecule has 2 aromatic rings. The summed E-state index contributed by atoms with van der Waals surface area (Å²) in [5.41, 5.74) is 2.13. The van der Waals surface area contributed by atoms with Crippen molar-refractivity contribution in [3.63, 3.8) is 0 Å². The number of nitrogens with one attached hydrogen (secondary N) is 1. The van der Waals surface area contributed by atoms with E-state index in [4.69, 9.17) is 4.74 Å². The standard InChI is InChI=1S/C22H31N5O3S/c1-25(2)6-3-7-27-15-17(13-20(27)28)21(29)24-22-23-18-5-4-16(12-19(18)31-22)14-26-8-10-30-11-9-26/h4-5,12,17H,3,6-11,13-15H2,1-2H3,(H,23,24,29). The van der Waals surface area contributed by atoms with Crippen LogP contribution in [0, 0.1) is 5.92 Å². The van der Waals surface area contributed by atoms with E-state index in [1.807, 2.05) is 25.1 Å². The molecule has 0 aliphatic carbocycles. The first-order valence-electron chi connectivity index (χ1n) is 10.9. The molecule has 1 aromatic carbocycles. The second-order valence-corrected chi connectivity index (χ2v) is 9.63. The fourth-order valence-corrected chi connectivity index (χ4v) is 5.02. The van der Waals surface area contributed by atoms with E-state index in [0.717, 1.165) is 56.0 Å². The maximum atomic E-state index is 12.7. The molecule has 1 atom stereocenters. The topological polar surface area (TPSA) is 78.0 Å². The number of carbonyl (C=O) groups excluding carboxylic acids is 2. The second kappa shape index (κ2) is 10.0. The lowest BCUT2D eigenvalue weighted by atomic mass is 10.1. The number of anilines is 1. The Morgan fingerprint density at radius 3 is 2.90 bits per heavy atom. The van der Waals surface area contributed by atoms with Crippen LogP contribution < -0.4 is 5.32 Å². The molecule has 168 valence electrons. The third-order valence-electron chi connectivity index (χ3n) is 5.81. The highest BCUT2D eigenvalue weighted by Gasteiger charge is 2.34. The van der Waals surface area contributed by atoms with Gasteiger partial charge >= 0.3 is 0 Å². The molecule has 1 N–H and O–H groups in total. The molecule has 1 unspecified atom stereocenters. The summed E-state index contributed by atoms with van der Waals surface area (Å²) in [5, 5.41) is 3.54. The molecular formula is C22H31N5O3S. The molecule has 0 radical (unpaired) electrons. The van der Waals surface area contributed by atoms with Crippen molar-refractivity contribution in [1.82, 2.24) is 19.7 Å². The van der Waals surface area contributed by atoms with Gasteiger partial charge in [-0.2, -0.15) is 0 Å². The van der Waals surface area contributed by atoms with E-state index in [9.17, 15) is 9.59 Å². The Kier molecular flexibility index (Phi) is 7.16. The number of benzene rings is 1. The van der Waals surface area contributed by atoms with E-state index in [1.54, 1.807) is 0 Å². The lowest BCUT2D eigenvalue weighted by molar-refractivity contribution is -0.128. The van der Waals surface area contributed by atoms with Crippen LogP contribution in [0.3, 0.4) is 0 Å². The summed E-state index contributed by atoms with van der Waals surface area (Å²) in [6, 6.07) is 6.27. The van der Waals surface area contributed by atoms with Crippen LogP contribution in [0.1, 0.15) is 18.4 Å². The van der Waals surface area contributed by atoms with E-state index in [0.29, 0.717) is 18.2 Å². The summed E-state index contributed by atoms with van der Waals surface area (Å²) in [6.45, 7) is 6.50. The maximum Gasteiger partial charge on any atom is 0.231 e. The van der Waals surface area contributed by atoms with Gasteiger partial charge in [-0.25, -0.2) is 4.98 Å². The third-order valence-corrected chi connectivity index (χ3v) is 6.75. The van der Waals surface area contributed by atoms with Gasteiger partial charge in [-0.3, -0.25) is 14.5 Å². The number of amides is 2. The van der Waals surface area contributed by atoms with E-state index in [1.165, 1.54) is 16.9 Å². The summed E-state index contributed by atoms with van der Waals surface area (Å²) >= 11 is 1.49. The summed E-state index contributed by atoms with van der Waals surface area (Å²) in [4.78, 5) is 35.9. The molecule has 2 aliphatic rings. The summed E-state index contributed by atoms with van der Waals surface area (Å²) < 4.78 is 6.48. The maximum absolute atomic E-state index is 12.7. The van der Waals surface area contributed by atoms with Crippen LogP contribution in [-0.4, -0.2) is 91.5 Å². The van der Waals surface area contributed by atoms with Crippen molar-refractivity contribution in [3.8, 4) is 0 Å². The highest BCUT2D eigenvalue weighted by Crippen LogP contribution is 2.28. The third kappa shape index (κ3) is 5.79. The average Bonchev–Trinajstić information content (AvgIpc) is 3.31. The Bertz CT molecular complexity index is 925. The van der Waals surface area contributed by atoms with Gasteiger partial charge in [-0.15, -0.1) is 0 Å². The van der Waals surface area contributed by atoms with Crippen LogP contribution in [0.4, 0.5) is 5.13 Å². The molecule has 2 fully saturated rings.